The number of non-ortho nitro benzene ring substituents is 1. The Morgan fingerprint density at radius 3 is 2.38 bits per heavy atom. The summed E-state index contributed by atoms with van der Waals surface area (Å²) in [4.78, 5) is 24.8. The number of carbonyl (C=O) groups excluding carboxylic acids is 1. The van der Waals surface area contributed by atoms with Gasteiger partial charge in [0.05, 0.1) is 20.5 Å². The minimum absolute atomic E-state index is 0.0199. The lowest BCUT2D eigenvalue weighted by atomic mass is 9.96. The van der Waals surface area contributed by atoms with Crippen molar-refractivity contribution in [2.75, 3.05) is 0 Å². The molecule has 0 saturated carbocycles. The average molecular weight is 331 g/mol. The van der Waals surface area contributed by atoms with Crippen molar-refractivity contribution in [1.29, 1.82) is 0 Å². The highest BCUT2D eigenvalue weighted by molar-refractivity contribution is 6.44. The maximum atomic E-state index is 12.7. The van der Waals surface area contributed by atoms with E-state index in [0.717, 1.165) is 25.3 Å². The van der Waals surface area contributed by atoms with E-state index in [1.165, 1.54) is 6.07 Å². The van der Waals surface area contributed by atoms with Gasteiger partial charge in [0.1, 0.15) is 0 Å². The van der Waals surface area contributed by atoms with Crippen LogP contribution in [-0.4, -0.2) is 27.8 Å². The molecule has 2 atom stereocenters. The van der Waals surface area contributed by atoms with Crippen molar-refractivity contribution < 1.29 is 9.72 Å². The first kappa shape index (κ1) is 16.0. The monoisotopic (exact) mass is 330 g/mol. The number of likely N-dealkylation sites (tertiary alicyclic amines) is 1. The van der Waals surface area contributed by atoms with Crippen LogP contribution in [0.4, 0.5) is 5.69 Å². The molecule has 1 fully saturated rings. The molecule has 5 nitrogen and oxygen atoms in total. The van der Waals surface area contributed by atoms with Crippen molar-refractivity contribution in [2.45, 2.75) is 45.2 Å². The van der Waals surface area contributed by atoms with E-state index in [1.807, 2.05) is 13.8 Å². The average Bonchev–Trinajstić information content (AvgIpc) is 2.41. The van der Waals surface area contributed by atoms with E-state index in [0.29, 0.717) is 0 Å². The molecule has 1 aromatic carbocycles. The van der Waals surface area contributed by atoms with Crippen LogP contribution < -0.4 is 0 Å². The fourth-order valence-electron chi connectivity index (χ4n) is 2.80. The summed E-state index contributed by atoms with van der Waals surface area (Å²) in [6, 6.07) is 2.51. The zero-order valence-corrected chi connectivity index (χ0v) is 13.3. The third-order valence-electron chi connectivity index (χ3n) is 3.88. The van der Waals surface area contributed by atoms with Crippen molar-refractivity contribution in [3.8, 4) is 0 Å². The molecule has 114 valence electrons. The number of benzene rings is 1. The van der Waals surface area contributed by atoms with Gasteiger partial charge in [0.15, 0.2) is 0 Å². The molecule has 1 aliphatic heterocycles. The number of amides is 1. The Morgan fingerprint density at radius 2 is 1.86 bits per heavy atom. The Labute approximate surface area is 133 Å². The van der Waals surface area contributed by atoms with Crippen LogP contribution in [0.15, 0.2) is 12.1 Å². The molecule has 2 rings (SSSR count). The Balaban J connectivity index is 2.45. The summed E-state index contributed by atoms with van der Waals surface area (Å²) < 4.78 is 0. The largest absolute Gasteiger partial charge is 0.333 e. The fourth-order valence-corrected chi connectivity index (χ4v) is 3.20. The van der Waals surface area contributed by atoms with Crippen molar-refractivity contribution in [2.24, 2.45) is 0 Å². The molecule has 1 aliphatic rings. The molecule has 0 bridgehead atoms. The minimum atomic E-state index is -0.581. The van der Waals surface area contributed by atoms with E-state index in [2.05, 4.69) is 0 Å². The second-order valence-electron chi connectivity index (χ2n) is 5.39. The first-order chi connectivity index (χ1) is 9.82. The molecular formula is C14H16Cl2N2O3. The topological polar surface area (TPSA) is 63.5 Å². The molecule has 0 aromatic heterocycles. The maximum absolute atomic E-state index is 12.7. The number of nitro groups is 1. The number of nitro benzene ring substituents is 1. The molecule has 2 unspecified atom stereocenters. The van der Waals surface area contributed by atoms with E-state index in [4.69, 9.17) is 23.2 Å². The standard InChI is InChI=1S/C14H16Cl2N2O3/c1-8-4-3-5-9(2)17(8)14(19)11-6-10(18(20)21)7-12(15)13(11)16/h6-9H,3-5H2,1-2H3. The van der Waals surface area contributed by atoms with Gasteiger partial charge < -0.3 is 4.90 Å². The second-order valence-corrected chi connectivity index (χ2v) is 6.17. The summed E-state index contributed by atoms with van der Waals surface area (Å²) in [5, 5.41) is 11.0. The maximum Gasteiger partial charge on any atom is 0.271 e. The van der Waals surface area contributed by atoms with Crippen LogP contribution in [0.3, 0.4) is 0 Å². The van der Waals surface area contributed by atoms with E-state index in [-0.39, 0.29) is 39.3 Å². The molecule has 1 heterocycles. The van der Waals surface area contributed by atoms with E-state index in [1.54, 1.807) is 4.90 Å². The van der Waals surface area contributed by atoms with Crippen molar-refractivity contribution >= 4 is 34.8 Å². The van der Waals surface area contributed by atoms with Gasteiger partial charge in [-0.3, -0.25) is 14.9 Å². The van der Waals surface area contributed by atoms with Crippen LogP contribution in [0.2, 0.25) is 10.0 Å². The Bertz CT molecular complexity index is 582. The zero-order valence-electron chi connectivity index (χ0n) is 11.8. The number of piperidine rings is 1. The number of hydrogen-bond donors (Lipinski definition) is 0. The zero-order chi connectivity index (χ0) is 15.7. The van der Waals surface area contributed by atoms with Crippen molar-refractivity contribution in [3.63, 3.8) is 0 Å². The van der Waals surface area contributed by atoms with E-state index < -0.39 is 4.92 Å². The highest BCUT2D eigenvalue weighted by Gasteiger charge is 2.32. The minimum Gasteiger partial charge on any atom is -0.333 e. The summed E-state index contributed by atoms with van der Waals surface area (Å²) in [6.07, 6.45) is 2.89. The number of rotatable bonds is 2. The van der Waals surface area contributed by atoms with Crippen molar-refractivity contribution in [1.82, 2.24) is 4.90 Å². The van der Waals surface area contributed by atoms with E-state index >= 15 is 0 Å². The summed E-state index contributed by atoms with van der Waals surface area (Å²) >= 11 is 12.0. The van der Waals surface area contributed by atoms with Crippen LogP contribution in [0.5, 0.6) is 0 Å². The predicted octanol–water partition coefficient (Wildman–Crippen LogP) is 4.30. The molecule has 1 amide bonds. The lowest BCUT2D eigenvalue weighted by molar-refractivity contribution is -0.384. The summed E-state index contributed by atoms with van der Waals surface area (Å²) in [7, 11) is 0. The molecule has 7 heteroatoms. The Hall–Kier alpha value is -1.33. The number of hydrogen-bond acceptors (Lipinski definition) is 3. The molecule has 0 N–H and O–H groups in total. The fraction of sp³-hybridized carbons (Fsp3) is 0.500. The van der Waals surface area contributed by atoms with Gasteiger partial charge in [-0.25, -0.2) is 0 Å². The van der Waals surface area contributed by atoms with Gasteiger partial charge in [0, 0.05) is 24.2 Å². The Morgan fingerprint density at radius 1 is 1.29 bits per heavy atom. The molecule has 1 aromatic rings. The van der Waals surface area contributed by atoms with Crippen LogP contribution in [-0.2, 0) is 0 Å². The molecule has 0 radical (unpaired) electrons. The number of carbonyl (C=O) groups is 1. The van der Waals surface area contributed by atoms with Gasteiger partial charge in [-0.15, -0.1) is 0 Å². The lowest BCUT2D eigenvalue weighted by Gasteiger charge is -2.39. The SMILES string of the molecule is CC1CCCC(C)N1C(=O)c1cc([N+](=O)[O-])cc(Cl)c1Cl. The molecule has 21 heavy (non-hydrogen) atoms. The first-order valence-electron chi connectivity index (χ1n) is 6.79. The van der Waals surface area contributed by atoms with Crippen LogP contribution in [0.1, 0.15) is 43.5 Å². The highest BCUT2D eigenvalue weighted by atomic mass is 35.5. The van der Waals surface area contributed by atoms with Gasteiger partial charge in [-0.1, -0.05) is 23.2 Å². The predicted molar refractivity (Wildman–Crippen MR) is 82.1 cm³/mol. The summed E-state index contributed by atoms with van der Waals surface area (Å²) in [6.45, 7) is 3.95. The quantitative estimate of drug-likeness (QED) is 0.599. The van der Waals surface area contributed by atoms with Gasteiger partial charge in [-0.2, -0.15) is 0 Å². The van der Waals surface area contributed by atoms with Crippen LogP contribution in [0, 0.1) is 10.1 Å². The van der Waals surface area contributed by atoms with Gasteiger partial charge >= 0.3 is 0 Å². The highest BCUT2D eigenvalue weighted by Crippen LogP contribution is 2.33. The normalized spacial score (nSPS) is 22.2. The number of nitrogens with zero attached hydrogens (tertiary/aromatic N) is 2. The molecule has 0 aliphatic carbocycles. The Kier molecular flexibility index (Phi) is 4.74. The van der Waals surface area contributed by atoms with Crippen LogP contribution in [0.25, 0.3) is 0 Å². The third-order valence-corrected chi connectivity index (χ3v) is 4.68. The lowest BCUT2D eigenvalue weighted by Crippen LogP contribution is -2.47. The third kappa shape index (κ3) is 3.14. The van der Waals surface area contributed by atoms with Gasteiger partial charge in [-0.05, 0) is 33.1 Å². The van der Waals surface area contributed by atoms with Gasteiger partial charge in [0.2, 0.25) is 0 Å². The molecular weight excluding hydrogens is 315 g/mol. The summed E-state index contributed by atoms with van der Waals surface area (Å²) in [5.41, 5.74) is -0.137. The van der Waals surface area contributed by atoms with Gasteiger partial charge in [0.25, 0.3) is 11.6 Å². The molecule has 1 saturated heterocycles. The molecule has 0 spiro atoms. The first-order valence-corrected chi connectivity index (χ1v) is 7.54. The smallest absolute Gasteiger partial charge is 0.271 e. The second kappa shape index (κ2) is 6.20. The van der Waals surface area contributed by atoms with Crippen LogP contribution >= 0.6 is 23.2 Å². The van der Waals surface area contributed by atoms with E-state index in [9.17, 15) is 14.9 Å². The van der Waals surface area contributed by atoms with Crippen molar-refractivity contribution in [3.05, 3.63) is 37.9 Å². The summed E-state index contributed by atoms with van der Waals surface area (Å²) in [5.74, 6) is -0.301. The number of halogens is 2.